The number of carbonyl (C=O) groups is 1. The van der Waals surface area contributed by atoms with Crippen LogP contribution in [-0.2, 0) is 44.4 Å². The maximum atomic E-state index is 13.6. The van der Waals surface area contributed by atoms with Crippen LogP contribution in [0.15, 0.2) is 92.2 Å². The van der Waals surface area contributed by atoms with Crippen LogP contribution in [0.4, 0.5) is 0 Å². The number of aromatic nitrogens is 2. The smallest absolute Gasteiger partial charge is 0.330 e. The van der Waals surface area contributed by atoms with Gasteiger partial charge in [0.15, 0.2) is 11.7 Å². The molecule has 0 aliphatic carbocycles. The Morgan fingerprint density at radius 1 is 0.986 bits per heavy atom. The van der Waals surface area contributed by atoms with Gasteiger partial charge in [0, 0.05) is 57.8 Å². The summed E-state index contributed by atoms with van der Waals surface area (Å²) in [5.41, 5.74) is 3.86. The van der Waals surface area contributed by atoms with Crippen LogP contribution >= 0.6 is 15.9 Å². The summed E-state index contributed by atoms with van der Waals surface area (Å²) in [4.78, 5) is 24.8. The summed E-state index contributed by atoms with van der Waals surface area (Å²) in [5.74, 6) is -1.95. The summed E-state index contributed by atoms with van der Waals surface area (Å²) in [6, 6.07) is 0. The van der Waals surface area contributed by atoms with Crippen molar-refractivity contribution in [1.29, 1.82) is 0 Å². The van der Waals surface area contributed by atoms with Gasteiger partial charge in [-0.25, -0.2) is 14.8 Å². The molecule has 4 fully saturated rings. The zero-order chi connectivity index (χ0) is 49.2. The number of rotatable bonds is 12. The highest BCUT2D eigenvalue weighted by molar-refractivity contribution is 9.11. The van der Waals surface area contributed by atoms with Gasteiger partial charge in [-0.2, -0.15) is 0 Å². The van der Waals surface area contributed by atoms with Crippen LogP contribution in [-0.4, -0.2) is 118 Å². The Morgan fingerprint density at radius 2 is 1.78 bits per heavy atom. The first-order valence-electron chi connectivity index (χ1n) is 24.3. The number of aliphatic hydroxyl groups is 3. The minimum atomic E-state index is -1.73. The Morgan fingerprint density at radius 3 is 2.57 bits per heavy atom. The van der Waals surface area contributed by atoms with Crippen molar-refractivity contribution in [3.05, 3.63) is 107 Å². The van der Waals surface area contributed by atoms with Crippen molar-refractivity contribution in [2.45, 2.75) is 177 Å². The van der Waals surface area contributed by atoms with Gasteiger partial charge in [-0.3, -0.25) is 0 Å². The third-order valence-corrected chi connectivity index (χ3v) is 14.2. The van der Waals surface area contributed by atoms with Crippen LogP contribution < -0.4 is 0 Å². The van der Waals surface area contributed by atoms with Crippen LogP contribution in [0.5, 0.6) is 0 Å². The summed E-state index contributed by atoms with van der Waals surface area (Å²) in [6.45, 7) is 12.2. The van der Waals surface area contributed by atoms with Crippen molar-refractivity contribution in [1.82, 2.24) is 9.97 Å². The van der Waals surface area contributed by atoms with E-state index in [0.717, 1.165) is 16.7 Å². The van der Waals surface area contributed by atoms with E-state index in [9.17, 15) is 20.1 Å². The van der Waals surface area contributed by atoms with Gasteiger partial charge in [0.1, 0.15) is 36.1 Å². The maximum absolute atomic E-state index is 13.6. The highest BCUT2D eigenvalue weighted by Gasteiger charge is 2.45. The lowest BCUT2D eigenvalue weighted by Crippen LogP contribution is -2.51. The fourth-order valence-corrected chi connectivity index (χ4v) is 10.6. The molecule has 4 saturated heterocycles. The summed E-state index contributed by atoms with van der Waals surface area (Å²) in [6.07, 6.45) is 19.5. The van der Waals surface area contributed by atoms with Crippen molar-refractivity contribution in [2.24, 2.45) is 11.8 Å². The van der Waals surface area contributed by atoms with Gasteiger partial charge in [0.25, 0.3) is 0 Å². The van der Waals surface area contributed by atoms with Crippen molar-refractivity contribution >= 4 is 34.1 Å². The van der Waals surface area contributed by atoms with Crippen molar-refractivity contribution in [2.75, 3.05) is 14.2 Å². The molecule has 0 spiro atoms. The number of hydrogen-bond donors (Lipinski definition) is 3. The molecule has 7 rings (SSSR count). The molecule has 0 radical (unpaired) electrons. The number of aliphatic hydroxyl groups excluding tert-OH is 2. The first-order chi connectivity index (χ1) is 33.1. The van der Waals surface area contributed by atoms with Gasteiger partial charge in [-0.15, -0.1) is 0 Å². The van der Waals surface area contributed by atoms with E-state index in [-0.39, 0.29) is 67.2 Å². The second-order valence-electron chi connectivity index (χ2n) is 19.5. The summed E-state index contributed by atoms with van der Waals surface area (Å²) in [7, 11) is 3.22. The van der Waals surface area contributed by atoms with E-state index in [4.69, 9.17) is 52.0 Å². The third-order valence-electron chi connectivity index (χ3n) is 13.9. The maximum Gasteiger partial charge on any atom is 0.330 e. The summed E-state index contributed by atoms with van der Waals surface area (Å²) in [5, 5.41) is 33.9. The Balaban J connectivity index is 1.06. The van der Waals surface area contributed by atoms with Gasteiger partial charge in [0.05, 0.1) is 67.5 Å². The lowest BCUT2D eigenvalue weighted by Gasteiger charge is -2.44. The molecule has 2 aromatic rings. The predicted molar refractivity (Wildman–Crippen MR) is 261 cm³/mol. The fraction of sp³-hybridized carbons (Fsp3) is 0.604. The molecule has 0 amide bonds. The van der Waals surface area contributed by atoms with E-state index in [1.807, 2.05) is 64.2 Å². The van der Waals surface area contributed by atoms with Crippen LogP contribution in [0.2, 0.25) is 0 Å². The molecule has 15 atom stereocenters. The molecule has 5 aliphatic rings. The first kappa shape index (κ1) is 53.0. The summed E-state index contributed by atoms with van der Waals surface area (Å²) < 4.78 is 55.2. The van der Waals surface area contributed by atoms with Crippen LogP contribution in [0.3, 0.4) is 0 Å². The Hall–Kier alpha value is -3.81. The minimum absolute atomic E-state index is 0.0830. The molecule has 2 aromatic heterocycles. The highest BCUT2D eigenvalue weighted by atomic mass is 79.9. The molecule has 69 heavy (non-hydrogen) atoms. The van der Waals surface area contributed by atoms with Crippen LogP contribution in [0.25, 0.3) is 12.2 Å². The van der Waals surface area contributed by atoms with E-state index in [0.29, 0.717) is 75.1 Å². The molecule has 1 unspecified atom stereocenters. The average Bonchev–Trinajstić information content (AvgIpc) is 3.96. The quantitative estimate of drug-likeness (QED) is 0.104. The highest BCUT2D eigenvalue weighted by Crippen LogP contribution is 2.40. The van der Waals surface area contributed by atoms with Gasteiger partial charge >= 0.3 is 5.97 Å². The summed E-state index contributed by atoms with van der Waals surface area (Å²) >= 11 is 3.28. The third kappa shape index (κ3) is 14.6. The number of allylic oxidation sites excluding steroid dienone is 2. The van der Waals surface area contributed by atoms with Crippen molar-refractivity contribution in [3.63, 3.8) is 0 Å². The van der Waals surface area contributed by atoms with Gasteiger partial charge in [-0.1, -0.05) is 84.0 Å². The van der Waals surface area contributed by atoms with Crippen LogP contribution in [0.1, 0.15) is 121 Å². The molecule has 7 heterocycles. The Bertz CT molecular complexity index is 2210. The number of esters is 1. The normalized spacial score (nSPS) is 36.1. The number of nitrogens with zero attached hydrogens (tertiary/aromatic N) is 2. The number of fused-ring (bicyclic) bond motifs is 9. The number of ether oxygens (including phenoxy) is 7. The largest absolute Gasteiger partial charge is 0.458 e. The van der Waals surface area contributed by atoms with E-state index in [1.165, 1.54) is 12.3 Å². The number of halogens is 1. The Labute approximate surface area is 414 Å². The molecular formula is C53H71BrN2O13. The molecule has 16 heteroatoms. The number of oxazole rings is 2. The van der Waals surface area contributed by atoms with Crippen molar-refractivity contribution < 1.29 is 62.1 Å². The zero-order valence-corrected chi connectivity index (χ0v) is 42.3. The molecule has 378 valence electrons. The van der Waals surface area contributed by atoms with Gasteiger partial charge in [-0.05, 0) is 75.1 Å². The SMILES string of the molecule is C=C1C[C@@H]2C[C@@H]3C[C@@H](O)C[C@@H](O3)c3coc(n3)/C=C/C[C@H]3O[C@@H](/C(C)=C/c4coc(C[C@]5(O)C[C@H](OC)C[C@H]([C@H](O)/C=C(C)/C=C/C(C/C=C/Br)OC)O5)n4)[C@H](C)[C@@H](OC(=O)/C=C\C[C@@H](C1)O2)[C@@H]3C. The monoisotopic (exact) mass is 1020 g/mol. The Kier molecular flexibility index (Phi) is 18.9. The van der Waals surface area contributed by atoms with Crippen LogP contribution in [0, 0.1) is 11.8 Å². The van der Waals surface area contributed by atoms with Gasteiger partial charge < -0.3 is 57.3 Å². The first-order valence-corrected chi connectivity index (χ1v) is 25.2. The average molecular weight is 1020 g/mol. The fourth-order valence-electron chi connectivity index (χ4n) is 10.4. The topological polar surface area (TPSA) is 194 Å². The van der Waals surface area contributed by atoms with E-state index in [1.54, 1.807) is 37.6 Å². The number of hydrogen-bond acceptors (Lipinski definition) is 15. The van der Waals surface area contributed by atoms with Crippen molar-refractivity contribution in [3.8, 4) is 0 Å². The minimum Gasteiger partial charge on any atom is -0.458 e. The molecular weight excluding hydrogens is 952 g/mol. The predicted octanol–water partition coefficient (Wildman–Crippen LogP) is 8.76. The lowest BCUT2D eigenvalue weighted by molar-refractivity contribution is -0.286. The lowest BCUT2D eigenvalue weighted by atomic mass is 9.79. The zero-order valence-electron chi connectivity index (χ0n) is 40.7. The second-order valence-corrected chi connectivity index (χ2v) is 20.0. The van der Waals surface area contributed by atoms with E-state index >= 15 is 0 Å². The molecule has 5 aliphatic heterocycles. The van der Waals surface area contributed by atoms with E-state index in [2.05, 4.69) is 22.5 Å². The molecule has 15 nitrogen and oxygen atoms in total. The van der Waals surface area contributed by atoms with E-state index < -0.39 is 48.4 Å². The molecule has 0 saturated carbocycles. The standard InChI is InChI=1S/C53H71BrN2O13/c1-31(16-17-38(61-6)12-10-18-54)21-44(58)47-26-42(62-7)27-53(60,69-47)28-49-55-36(29-63-49)22-33(3)51-35(5)52-34(4)45(67-51)13-9-14-48-56-43(30-64-48)46-24-37(57)23-41(66-46)25-40-20-32(2)19-39(65-40)11-8-15-50(59)68-52/h8-10,14-18,21-22,29-30,34-35,37-42,44-47,51-52,57-58,60H,2,11-13,19-20,23-28H2,1,3-7H3/b14-9+,15-8-,17-16+,18-10+,31-21+,33-22+/t34-,35+,37-,38?,39+,40-,41+,42-,44-,45-,46-,47-,51+,52+,53+/m1/s1. The number of methoxy groups -OCH3 is 2. The second kappa shape index (κ2) is 24.5. The molecule has 0 aromatic carbocycles. The van der Waals surface area contributed by atoms with Gasteiger partial charge in [0.2, 0.25) is 5.89 Å². The molecule has 3 N–H and O–H groups in total. The number of carbonyl (C=O) groups excluding carboxylic acids is 1. The molecule has 8 bridgehead atoms.